The van der Waals surface area contributed by atoms with E-state index in [1.54, 1.807) is 24.3 Å². The number of rotatable bonds is 17. The highest BCUT2D eigenvalue weighted by Crippen LogP contribution is 2.30. The number of imide groups is 1. The molecule has 0 unspecified atom stereocenters. The molecule has 9 heteroatoms. The molecule has 1 fully saturated rings. The van der Waals surface area contributed by atoms with Crippen molar-refractivity contribution >= 4 is 29.5 Å². The van der Waals surface area contributed by atoms with E-state index in [-0.39, 0.29) is 19.0 Å². The second-order valence-corrected chi connectivity index (χ2v) is 9.53. The Balaban J connectivity index is 1.93. The SMILES string of the molecule is CC(=O)O[C@@H](C(=O)C=CC(=O)CCCCCCCCCCO)[C@@H](C)C(=O)N1C(=O)OC[C@H]1c1ccccc1. The Morgan fingerprint density at radius 1 is 1.00 bits per heavy atom. The average molecular weight is 530 g/mol. The van der Waals surface area contributed by atoms with Crippen LogP contribution in [-0.4, -0.2) is 58.9 Å². The molecule has 2 rings (SSSR count). The Labute approximate surface area is 224 Å². The van der Waals surface area contributed by atoms with Crippen molar-refractivity contribution in [3.8, 4) is 0 Å². The van der Waals surface area contributed by atoms with Gasteiger partial charge in [-0.25, -0.2) is 9.69 Å². The maximum absolute atomic E-state index is 13.3. The molecule has 0 radical (unpaired) electrons. The number of benzene rings is 1. The zero-order valence-corrected chi connectivity index (χ0v) is 22.3. The Morgan fingerprint density at radius 3 is 2.21 bits per heavy atom. The van der Waals surface area contributed by atoms with Crippen molar-refractivity contribution in [2.75, 3.05) is 13.2 Å². The standard InChI is InChI=1S/C29H39NO8/c1-21(28(35)30-25(20-37-29(30)36)23-14-10-9-11-15-23)27(38-22(2)32)26(34)18-17-24(33)16-12-7-5-3-4-6-8-13-19-31/h9-11,14-15,17-18,21,25,27,31H,3-8,12-13,16,19-20H2,1-2H3/t21-,25+,27-/m1/s1. The third-order valence-electron chi connectivity index (χ3n) is 6.48. The number of cyclic esters (lactones) is 1. The number of unbranched alkanes of at least 4 members (excludes halogenated alkanes) is 7. The third kappa shape index (κ3) is 9.85. The third-order valence-corrected chi connectivity index (χ3v) is 6.48. The first-order valence-electron chi connectivity index (χ1n) is 13.3. The average Bonchev–Trinajstić information content (AvgIpc) is 3.30. The molecule has 1 heterocycles. The van der Waals surface area contributed by atoms with Gasteiger partial charge >= 0.3 is 12.1 Å². The summed E-state index contributed by atoms with van der Waals surface area (Å²) in [6.07, 6.45) is 7.95. The number of allylic oxidation sites excluding steroid dienone is 1. The monoisotopic (exact) mass is 529 g/mol. The lowest BCUT2D eigenvalue weighted by Gasteiger charge is -2.26. The van der Waals surface area contributed by atoms with Crippen LogP contribution in [0.4, 0.5) is 4.79 Å². The number of esters is 1. The molecule has 1 saturated heterocycles. The number of aliphatic hydroxyl groups excluding tert-OH is 1. The van der Waals surface area contributed by atoms with Crippen LogP contribution in [0, 0.1) is 5.92 Å². The van der Waals surface area contributed by atoms with Gasteiger partial charge in [-0.05, 0) is 37.5 Å². The van der Waals surface area contributed by atoms with Gasteiger partial charge in [0.05, 0.1) is 5.92 Å². The summed E-state index contributed by atoms with van der Waals surface area (Å²) in [5.74, 6) is -3.59. The van der Waals surface area contributed by atoms with Crippen LogP contribution in [-0.2, 0) is 28.7 Å². The van der Waals surface area contributed by atoms with Crippen LogP contribution in [0.5, 0.6) is 0 Å². The molecule has 3 atom stereocenters. The smallest absolute Gasteiger partial charge is 0.417 e. The molecule has 2 amide bonds. The van der Waals surface area contributed by atoms with Crippen molar-refractivity contribution in [1.82, 2.24) is 4.90 Å². The lowest BCUT2D eigenvalue weighted by molar-refractivity contribution is -0.158. The van der Waals surface area contributed by atoms with Gasteiger partial charge < -0.3 is 14.6 Å². The Hall–Kier alpha value is -3.33. The molecule has 1 N–H and O–H groups in total. The number of ether oxygens (including phenoxy) is 2. The van der Waals surface area contributed by atoms with E-state index in [1.165, 1.54) is 6.92 Å². The summed E-state index contributed by atoms with van der Waals surface area (Å²) in [6, 6.07) is 8.22. The first kappa shape index (κ1) is 30.9. The molecule has 0 saturated carbocycles. The fourth-order valence-corrected chi connectivity index (χ4v) is 4.34. The number of carbonyl (C=O) groups is 5. The second kappa shape index (κ2) is 16.5. The molecule has 1 aromatic rings. The van der Waals surface area contributed by atoms with Crippen LogP contribution in [0.1, 0.15) is 83.2 Å². The van der Waals surface area contributed by atoms with Gasteiger partial charge in [0.2, 0.25) is 5.91 Å². The van der Waals surface area contributed by atoms with Crippen molar-refractivity contribution in [3.63, 3.8) is 0 Å². The van der Waals surface area contributed by atoms with Gasteiger partial charge in [0.15, 0.2) is 17.7 Å². The van der Waals surface area contributed by atoms with Gasteiger partial charge in [-0.1, -0.05) is 68.9 Å². The molecule has 0 bridgehead atoms. The summed E-state index contributed by atoms with van der Waals surface area (Å²) >= 11 is 0. The Bertz CT molecular complexity index is 974. The topological polar surface area (TPSA) is 127 Å². The number of nitrogens with zero attached hydrogens (tertiary/aromatic N) is 1. The summed E-state index contributed by atoms with van der Waals surface area (Å²) in [6.45, 7) is 2.74. The highest BCUT2D eigenvalue weighted by atomic mass is 16.6. The maximum Gasteiger partial charge on any atom is 0.417 e. The summed E-state index contributed by atoms with van der Waals surface area (Å²) < 4.78 is 10.3. The van der Waals surface area contributed by atoms with E-state index in [4.69, 9.17) is 14.6 Å². The number of aliphatic hydroxyl groups is 1. The molecule has 1 aliphatic heterocycles. The largest absolute Gasteiger partial charge is 0.453 e. The predicted molar refractivity (Wildman–Crippen MR) is 140 cm³/mol. The van der Waals surface area contributed by atoms with Crippen molar-refractivity contribution in [2.24, 2.45) is 5.92 Å². The molecule has 0 aliphatic carbocycles. The van der Waals surface area contributed by atoms with E-state index in [1.807, 2.05) is 6.07 Å². The number of hydrogen-bond acceptors (Lipinski definition) is 8. The van der Waals surface area contributed by atoms with Crippen LogP contribution in [0.3, 0.4) is 0 Å². The van der Waals surface area contributed by atoms with Crippen LogP contribution in [0.15, 0.2) is 42.5 Å². The summed E-state index contributed by atoms with van der Waals surface area (Å²) in [5, 5.41) is 8.78. The molecule has 1 aromatic carbocycles. The van der Waals surface area contributed by atoms with Crippen molar-refractivity contribution in [2.45, 2.75) is 83.8 Å². The summed E-state index contributed by atoms with van der Waals surface area (Å²) in [4.78, 5) is 63.4. The van der Waals surface area contributed by atoms with Gasteiger partial charge in [0.25, 0.3) is 0 Å². The van der Waals surface area contributed by atoms with Gasteiger partial charge in [0, 0.05) is 20.0 Å². The van der Waals surface area contributed by atoms with Gasteiger partial charge in [0.1, 0.15) is 12.6 Å². The van der Waals surface area contributed by atoms with E-state index >= 15 is 0 Å². The van der Waals surface area contributed by atoms with E-state index in [0.717, 1.165) is 68.9 Å². The van der Waals surface area contributed by atoms with E-state index in [9.17, 15) is 24.0 Å². The summed E-state index contributed by atoms with van der Waals surface area (Å²) in [7, 11) is 0. The fourth-order valence-electron chi connectivity index (χ4n) is 4.34. The minimum atomic E-state index is -1.49. The normalized spacial score (nSPS) is 16.8. The van der Waals surface area contributed by atoms with Gasteiger partial charge in [-0.2, -0.15) is 0 Å². The van der Waals surface area contributed by atoms with Crippen LogP contribution in [0.2, 0.25) is 0 Å². The summed E-state index contributed by atoms with van der Waals surface area (Å²) in [5.41, 5.74) is 0.696. The number of ketones is 2. The highest BCUT2D eigenvalue weighted by molar-refractivity contribution is 6.04. The molecular formula is C29H39NO8. The highest BCUT2D eigenvalue weighted by Gasteiger charge is 2.44. The molecule has 9 nitrogen and oxygen atoms in total. The van der Waals surface area contributed by atoms with Crippen molar-refractivity contribution < 1.29 is 38.6 Å². The van der Waals surface area contributed by atoms with E-state index < -0.39 is 41.8 Å². The molecule has 0 spiro atoms. The Morgan fingerprint density at radius 2 is 1.61 bits per heavy atom. The minimum absolute atomic E-state index is 0.0222. The first-order chi connectivity index (χ1) is 18.3. The second-order valence-electron chi connectivity index (χ2n) is 9.53. The number of amides is 2. The Kier molecular flexibility index (Phi) is 13.4. The van der Waals surface area contributed by atoms with E-state index in [2.05, 4.69) is 0 Å². The minimum Gasteiger partial charge on any atom is -0.453 e. The molecule has 1 aliphatic rings. The fraction of sp³-hybridized carbons (Fsp3) is 0.552. The molecule has 38 heavy (non-hydrogen) atoms. The van der Waals surface area contributed by atoms with Gasteiger partial charge in [-0.3, -0.25) is 19.2 Å². The maximum atomic E-state index is 13.3. The van der Waals surface area contributed by atoms with Crippen molar-refractivity contribution in [3.05, 3.63) is 48.0 Å². The predicted octanol–water partition coefficient (Wildman–Crippen LogP) is 4.47. The molecule has 0 aromatic heterocycles. The van der Waals surface area contributed by atoms with Crippen LogP contribution in [0.25, 0.3) is 0 Å². The van der Waals surface area contributed by atoms with Gasteiger partial charge in [-0.15, -0.1) is 0 Å². The zero-order valence-electron chi connectivity index (χ0n) is 22.3. The number of carbonyl (C=O) groups excluding carboxylic acids is 5. The first-order valence-corrected chi connectivity index (χ1v) is 13.3. The van der Waals surface area contributed by atoms with Crippen molar-refractivity contribution in [1.29, 1.82) is 0 Å². The van der Waals surface area contributed by atoms with E-state index in [0.29, 0.717) is 18.4 Å². The lowest BCUT2D eigenvalue weighted by Crippen LogP contribution is -2.45. The quantitative estimate of drug-likeness (QED) is 0.178. The molecule has 208 valence electrons. The van der Waals surface area contributed by atoms with Crippen LogP contribution >= 0.6 is 0 Å². The number of hydrogen-bond donors (Lipinski definition) is 1. The lowest BCUT2D eigenvalue weighted by atomic mass is 9.96. The van der Waals surface area contributed by atoms with Crippen LogP contribution < -0.4 is 0 Å². The molecular weight excluding hydrogens is 490 g/mol. The zero-order chi connectivity index (χ0) is 27.9.